The first-order chi connectivity index (χ1) is 15.8. The Morgan fingerprint density at radius 1 is 1.06 bits per heavy atom. The lowest BCUT2D eigenvalue weighted by Gasteiger charge is -2.41. The Morgan fingerprint density at radius 2 is 1.70 bits per heavy atom. The maximum absolute atomic E-state index is 13.9. The molecule has 3 fully saturated rings. The van der Waals surface area contributed by atoms with Gasteiger partial charge in [0.15, 0.2) is 0 Å². The summed E-state index contributed by atoms with van der Waals surface area (Å²) in [6.45, 7) is 8.11. The molecule has 0 N–H and O–H groups in total. The number of hydrogen-bond donors (Lipinski definition) is 0. The van der Waals surface area contributed by atoms with Crippen molar-refractivity contribution in [3.63, 3.8) is 0 Å². The number of rotatable bonds is 5. The van der Waals surface area contributed by atoms with Gasteiger partial charge in [-0.05, 0) is 73.5 Å². The standard InChI is InChI=1S/C26H41NO5S/c1-17-5-7-19(8-6-17)24(28)27(20-14-31-16-32-15-20)21-13-22(33-23(21)25(29)30-4)18-9-11-26(2,3)12-10-18/h13,17-21,23H,5-12,14-16H2,1-4H3. The smallest absolute Gasteiger partial charge is 0.321 e. The first-order valence-electron chi connectivity index (χ1n) is 12.7. The second-order valence-corrected chi connectivity index (χ2v) is 12.5. The van der Waals surface area contributed by atoms with E-state index in [0.717, 1.165) is 38.5 Å². The van der Waals surface area contributed by atoms with Gasteiger partial charge >= 0.3 is 5.97 Å². The van der Waals surface area contributed by atoms with Crippen LogP contribution in [0.4, 0.5) is 0 Å². The molecule has 0 spiro atoms. The Balaban J connectivity index is 1.60. The van der Waals surface area contributed by atoms with E-state index in [1.165, 1.54) is 24.9 Å². The molecule has 0 aromatic carbocycles. The van der Waals surface area contributed by atoms with E-state index in [-0.39, 0.29) is 36.7 Å². The van der Waals surface area contributed by atoms with Crippen LogP contribution in [0.5, 0.6) is 0 Å². The van der Waals surface area contributed by atoms with Gasteiger partial charge in [0.25, 0.3) is 0 Å². The van der Waals surface area contributed by atoms with Crippen molar-refractivity contribution in [2.45, 2.75) is 89.5 Å². The van der Waals surface area contributed by atoms with Crippen LogP contribution in [0.1, 0.15) is 72.1 Å². The Labute approximate surface area is 203 Å². The van der Waals surface area contributed by atoms with Crippen LogP contribution in [-0.4, -0.2) is 61.2 Å². The molecule has 2 heterocycles. The van der Waals surface area contributed by atoms with Crippen LogP contribution in [0.3, 0.4) is 0 Å². The Hall–Kier alpha value is -1.05. The molecule has 4 rings (SSSR count). The van der Waals surface area contributed by atoms with Gasteiger partial charge < -0.3 is 19.1 Å². The van der Waals surface area contributed by atoms with Crippen molar-refractivity contribution in [2.75, 3.05) is 27.1 Å². The summed E-state index contributed by atoms with van der Waals surface area (Å²) in [5, 5.41) is -0.423. The summed E-state index contributed by atoms with van der Waals surface area (Å²) in [6, 6.07) is -0.487. The zero-order valence-corrected chi connectivity index (χ0v) is 21.5. The Kier molecular flexibility index (Phi) is 8.12. The number of allylic oxidation sites excluding steroid dienone is 1. The minimum absolute atomic E-state index is 0.0133. The molecule has 4 aliphatic rings. The number of carbonyl (C=O) groups excluding carboxylic acids is 2. The van der Waals surface area contributed by atoms with Crippen LogP contribution in [0, 0.1) is 23.2 Å². The fourth-order valence-corrected chi connectivity index (χ4v) is 7.36. The third kappa shape index (κ3) is 5.79. The highest BCUT2D eigenvalue weighted by Gasteiger charge is 2.46. The maximum atomic E-state index is 13.9. The molecule has 186 valence electrons. The summed E-state index contributed by atoms with van der Waals surface area (Å²) >= 11 is 1.63. The van der Waals surface area contributed by atoms with E-state index in [2.05, 4.69) is 26.8 Å². The van der Waals surface area contributed by atoms with Gasteiger partial charge in [0.2, 0.25) is 5.91 Å². The molecule has 2 aliphatic carbocycles. The van der Waals surface area contributed by atoms with E-state index < -0.39 is 5.25 Å². The highest BCUT2D eigenvalue weighted by molar-refractivity contribution is 8.04. The second kappa shape index (κ2) is 10.7. The predicted octanol–water partition coefficient (Wildman–Crippen LogP) is 4.77. The van der Waals surface area contributed by atoms with Crippen LogP contribution >= 0.6 is 11.8 Å². The highest BCUT2D eigenvalue weighted by atomic mass is 32.2. The van der Waals surface area contributed by atoms with Crippen LogP contribution in [0.2, 0.25) is 0 Å². The van der Waals surface area contributed by atoms with Gasteiger partial charge in [-0.15, -0.1) is 11.8 Å². The van der Waals surface area contributed by atoms with Gasteiger partial charge in [-0.1, -0.05) is 26.8 Å². The predicted molar refractivity (Wildman–Crippen MR) is 130 cm³/mol. The molecular weight excluding hydrogens is 438 g/mol. The molecule has 7 heteroatoms. The number of amides is 1. The summed E-state index contributed by atoms with van der Waals surface area (Å²) in [6.07, 6.45) is 10.9. The van der Waals surface area contributed by atoms with E-state index in [9.17, 15) is 9.59 Å². The number of ether oxygens (including phenoxy) is 3. The molecule has 2 atom stereocenters. The summed E-state index contributed by atoms with van der Waals surface area (Å²) in [4.78, 5) is 30.1. The Bertz CT molecular complexity index is 729. The van der Waals surface area contributed by atoms with Gasteiger partial charge in [-0.2, -0.15) is 0 Å². The van der Waals surface area contributed by atoms with Crippen LogP contribution in [0.25, 0.3) is 0 Å². The van der Waals surface area contributed by atoms with Crippen LogP contribution in [-0.2, 0) is 23.8 Å². The van der Waals surface area contributed by atoms with Gasteiger partial charge in [-0.3, -0.25) is 9.59 Å². The average molecular weight is 480 g/mol. The molecule has 2 saturated carbocycles. The quantitative estimate of drug-likeness (QED) is 0.529. The van der Waals surface area contributed by atoms with Crippen molar-refractivity contribution >= 4 is 23.6 Å². The van der Waals surface area contributed by atoms with Crippen LogP contribution in [0.15, 0.2) is 11.0 Å². The Morgan fingerprint density at radius 3 is 2.30 bits per heavy atom. The van der Waals surface area contributed by atoms with E-state index >= 15 is 0 Å². The van der Waals surface area contributed by atoms with E-state index in [4.69, 9.17) is 14.2 Å². The number of carbonyl (C=O) groups is 2. The molecule has 0 aromatic rings. The number of thioether (sulfide) groups is 1. The summed E-state index contributed by atoms with van der Waals surface area (Å²) in [5.74, 6) is 1.06. The fraction of sp³-hybridized carbons (Fsp3) is 0.846. The lowest BCUT2D eigenvalue weighted by Crippen LogP contribution is -2.57. The van der Waals surface area contributed by atoms with E-state index in [1.54, 1.807) is 11.8 Å². The zero-order chi connectivity index (χ0) is 23.6. The molecule has 33 heavy (non-hydrogen) atoms. The summed E-state index contributed by atoms with van der Waals surface area (Å²) in [7, 11) is 1.45. The van der Waals surface area contributed by atoms with Gasteiger partial charge in [0.05, 0.1) is 32.4 Å². The van der Waals surface area contributed by atoms with Crippen molar-refractivity contribution in [1.82, 2.24) is 4.90 Å². The molecule has 2 aliphatic heterocycles. The molecule has 1 amide bonds. The molecule has 6 nitrogen and oxygen atoms in total. The number of nitrogens with zero attached hydrogens (tertiary/aromatic N) is 1. The SMILES string of the molecule is COC(=O)C1SC(C2CCC(C)(C)CC2)=CC1N(C(=O)C1CCC(C)CC1)C1COCOC1. The lowest BCUT2D eigenvalue weighted by molar-refractivity contribution is -0.164. The zero-order valence-electron chi connectivity index (χ0n) is 20.7. The summed E-state index contributed by atoms with van der Waals surface area (Å²) < 4.78 is 16.4. The number of hydrogen-bond acceptors (Lipinski definition) is 6. The minimum Gasteiger partial charge on any atom is -0.468 e. The van der Waals surface area contributed by atoms with Gasteiger partial charge in [-0.25, -0.2) is 0 Å². The van der Waals surface area contributed by atoms with Gasteiger partial charge in [0.1, 0.15) is 12.0 Å². The molecular formula is C26H41NO5S. The normalized spacial score (nSPS) is 33.4. The van der Waals surface area contributed by atoms with Gasteiger partial charge in [0, 0.05) is 5.92 Å². The van der Waals surface area contributed by atoms with E-state index in [0.29, 0.717) is 30.5 Å². The average Bonchev–Trinajstić information content (AvgIpc) is 3.24. The number of methoxy groups -OCH3 is 1. The number of esters is 1. The lowest BCUT2D eigenvalue weighted by atomic mass is 9.73. The third-order valence-electron chi connectivity index (χ3n) is 8.20. The molecule has 1 saturated heterocycles. The maximum Gasteiger partial charge on any atom is 0.321 e. The molecule has 0 aromatic heterocycles. The van der Waals surface area contributed by atoms with Crippen LogP contribution < -0.4 is 0 Å². The van der Waals surface area contributed by atoms with Crippen molar-refractivity contribution in [2.24, 2.45) is 23.2 Å². The van der Waals surface area contributed by atoms with Crippen molar-refractivity contribution in [3.8, 4) is 0 Å². The monoisotopic (exact) mass is 479 g/mol. The first-order valence-corrected chi connectivity index (χ1v) is 13.6. The summed E-state index contributed by atoms with van der Waals surface area (Å²) in [5.41, 5.74) is 0.387. The van der Waals surface area contributed by atoms with E-state index in [1.807, 2.05) is 4.90 Å². The topological polar surface area (TPSA) is 65.1 Å². The largest absolute Gasteiger partial charge is 0.468 e. The van der Waals surface area contributed by atoms with Crippen molar-refractivity contribution < 1.29 is 23.8 Å². The first kappa shape index (κ1) is 25.1. The second-order valence-electron chi connectivity index (χ2n) is 11.3. The minimum atomic E-state index is -0.423. The van der Waals surface area contributed by atoms with Crippen molar-refractivity contribution in [3.05, 3.63) is 11.0 Å². The highest BCUT2D eigenvalue weighted by Crippen LogP contribution is 2.48. The molecule has 2 unspecified atom stereocenters. The fourth-order valence-electron chi connectivity index (χ4n) is 5.88. The molecule has 0 radical (unpaired) electrons. The third-order valence-corrected chi connectivity index (χ3v) is 9.67. The van der Waals surface area contributed by atoms with Crippen molar-refractivity contribution in [1.29, 1.82) is 0 Å². The molecule has 0 bridgehead atoms.